The molecular formula is C21H25NO4. The predicted octanol–water partition coefficient (Wildman–Crippen LogP) is 3.36. The van der Waals surface area contributed by atoms with Crippen molar-refractivity contribution in [1.29, 1.82) is 0 Å². The standard InChI is InChI=1S/C21H25NO4/c1-16-4-8-18(9-5-16)25-14-12-22-21(23)17-6-10-19(11-7-17)26-15-20-3-2-13-24-20/h4-11,20H,2-3,12-15H2,1H3,(H,22,23)/t20-/m1/s1. The molecular weight excluding hydrogens is 330 g/mol. The minimum absolute atomic E-state index is 0.122. The molecule has 0 aliphatic carbocycles. The van der Waals surface area contributed by atoms with Crippen molar-refractivity contribution in [3.8, 4) is 11.5 Å². The van der Waals surface area contributed by atoms with Crippen LogP contribution in [0.3, 0.4) is 0 Å². The van der Waals surface area contributed by atoms with Crippen LogP contribution in [-0.2, 0) is 4.74 Å². The number of carbonyl (C=O) groups is 1. The van der Waals surface area contributed by atoms with Gasteiger partial charge in [-0.25, -0.2) is 0 Å². The van der Waals surface area contributed by atoms with Gasteiger partial charge < -0.3 is 19.5 Å². The number of ether oxygens (including phenoxy) is 3. The Hall–Kier alpha value is -2.53. The largest absolute Gasteiger partial charge is 0.492 e. The van der Waals surface area contributed by atoms with Crippen molar-refractivity contribution >= 4 is 5.91 Å². The zero-order chi connectivity index (χ0) is 18.2. The van der Waals surface area contributed by atoms with Crippen LogP contribution in [0.15, 0.2) is 48.5 Å². The van der Waals surface area contributed by atoms with Gasteiger partial charge in [-0.1, -0.05) is 17.7 Å². The van der Waals surface area contributed by atoms with Crippen molar-refractivity contribution in [1.82, 2.24) is 5.32 Å². The van der Waals surface area contributed by atoms with E-state index in [-0.39, 0.29) is 12.0 Å². The molecule has 0 radical (unpaired) electrons. The number of carbonyl (C=O) groups excluding carboxylic acids is 1. The molecule has 138 valence electrons. The summed E-state index contributed by atoms with van der Waals surface area (Å²) in [5, 5.41) is 2.85. The van der Waals surface area contributed by atoms with Gasteiger partial charge in [0, 0.05) is 12.2 Å². The van der Waals surface area contributed by atoms with E-state index in [1.807, 2.05) is 43.3 Å². The van der Waals surface area contributed by atoms with Crippen LogP contribution in [-0.4, -0.2) is 38.4 Å². The maximum Gasteiger partial charge on any atom is 0.251 e. The first-order valence-corrected chi connectivity index (χ1v) is 9.03. The van der Waals surface area contributed by atoms with Crippen molar-refractivity contribution in [2.75, 3.05) is 26.4 Å². The molecule has 2 aromatic carbocycles. The van der Waals surface area contributed by atoms with Crippen LogP contribution in [0.1, 0.15) is 28.8 Å². The summed E-state index contributed by atoms with van der Waals surface area (Å²) >= 11 is 0. The van der Waals surface area contributed by atoms with E-state index in [0.717, 1.165) is 30.9 Å². The van der Waals surface area contributed by atoms with E-state index in [4.69, 9.17) is 14.2 Å². The maximum atomic E-state index is 12.2. The first-order chi connectivity index (χ1) is 12.7. The lowest BCUT2D eigenvalue weighted by atomic mass is 10.2. The SMILES string of the molecule is Cc1ccc(OCCNC(=O)c2ccc(OC[C@H]3CCCO3)cc2)cc1. The fraction of sp³-hybridized carbons (Fsp3) is 0.381. The number of amides is 1. The molecule has 1 amide bonds. The molecule has 5 heteroatoms. The highest BCUT2D eigenvalue weighted by molar-refractivity contribution is 5.94. The van der Waals surface area contributed by atoms with Crippen LogP contribution < -0.4 is 14.8 Å². The van der Waals surface area contributed by atoms with Crippen LogP contribution in [0.5, 0.6) is 11.5 Å². The minimum Gasteiger partial charge on any atom is -0.492 e. The highest BCUT2D eigenvalue weighted by Crippen LogP contribution is 2.16. The fourth-order valence-electron chi connectivity index (χ4n) is 2.74. The van der Waals surface area contributed by atoms with Crippen LogP contribution >= 0.6 is 0 Å². The van der Waals surface area contributed by atoms with Gasteiger partial charge in [0.15, 0.2) is 0 Å². The van der Waals surface area contributed by atoms with Gasteiger partial charge in [0.1, 0.15) is 24.7 Å². The average Bonchev–Trinajstić information content (AvgIpc) is 3.19. The zero-order valence-corrected chi connectivity index (χ0v) is 15.1. The molecule has 0 bridgehead atoms. The van der Waals surface area contributed by atoms with Gasteiger partial charge in [0.2, 0.25) is 0 Å². The normalized spacial score (nSPS) is 16.3. The Morgan fingerprint density at radius 2 is 1.77 bits per heavy atom. The molecule has 0 aromatic heterocycles. The second-order valence-corrected chi connectivity index (χ2v) is 6.39. The molecule has 1 saturated heterocycles. The van der Waals surface area contributed by atoms with Crippen molar-refractivity contribution in [2.24, 2.45) is 0 Å². The Morgan fingerprint density at radius 1 is 1.08 bits per heavy atom. The predicted molar refractivity (Wildman–Crippen MR) is 99.9 cm³/mol. The summed E-state index contributed by atoms with van der Waals surface area (Å²) in [6, 6.07) is 15.0. The first kappa shape index (κ1) is 18.3. The number of nitrogens with one attached hydrogen (secondary N) is 1. The molecule has 1 atom stereocenters. The Balaban J connectivity index is 1.37. The number of hydrogen-bond donors (Lipinski definition) is 1. The highest BCUT2D eigenvalue weighted by Gasteiger charge is 2.16. The number of aryl methyl sites for hydroxylation is 1. The maximum absolute atomic E-state index is 12.2. The Morgan fingerprint density at radius 3 is 2.46 bits per heavy atom. The molecule has 0 saturated carbocycles. The van der Waals surface area contributed by atoms with Crippen LogP contribution in [0.4, 0.5) is 0 Å². The van der Waals surface area contributed by atoms with Crippen molar-refractivity contribution < 1.29 is 19.0 Å². The van der Waals surface area contributed by atoms with Gasteiger partial charge in [-0.05, 0) is 56.2 Å². The summed E-state index contributed by atoms with van der Waals surface area (Å²) in [5.41, 5.74) is 1.79. The Kier molecular flexibility index (Phi) is 6.50. The monoisotopic (exact) mass is 355 g/mol. The molecule has 1 fully saturated rings. The third kappa shape index (κ3) is 5.49. The molecule has 1 aliphatic heterocycles. The molecule has 2 aromatic rings. The number of rotatable bonds is 8. The summed E-state index contributed by atoms with van der Waals surface area (Å²) in [7, 11) is 0. The molecule has 3 rings (SSSR count). The molecule has 0 unspecified atom stereocenters. The molecule has 1 aliphatic rings. The van der Waals surface area contributed by atoms with Crippen molar-refractivity contribution in [3.63, 3.8) is 0 Å². The zero-order valence-electron chi connectivity index (χ0n) is 15.1. The van der Waals surface area contributed by atoms with E-state index in [9.17, 15) is 4.79 Å². The molecule has 26 heavy (non-hydrogen) atoms. The van der Waals surface area contributed by atoms with Crippen molar-refractivity contribution in [3.05, 3.63) is 59.7 Å². The first-order valence-electron chi connectivity index (χ1n) is 9.03. The molecule has 1 heterocycles. The summed E-state index contributed by atoms with van der Waals surface area (Å²) in [5.74, 6) is 1.43. The van der Waals surface area contributed by atoms with E-state index in [1.54, 1.807) is 12.1 Å². The van der Waals surface area contributed by atoms with Gasteiger partial charge >= 0.3 is 0 Å². The minimum atomic E-state index is -0.122. The highest BCUT2D eigenvalue weighted by atomic mass is 16.5. The third-order valence-corrected chi connectivity index (χ3v) is 4.25. The summed E-state index contributed by atoms with van der Waals surface area (Å²) in [4.78, 5) is 12.2. The summed E-state index contributed by atoms with van der Waals surface area (Å²) in [6.45, 7) is 4.28. The topological polar surface area (TPSA) is 56.8 Å². The Labute approximate surface area is 154 Å². The van der Waals surface area contributed by atoms with Crippen LogP contribution in [0.25, 0.3) is 0 Å². The number of hydrogen-bond acceptors (Lipinski definition) is 4. The van der Waals surface area contributed by atoms with Gasteiger partial charge in [-0.15, -0.1) is 0 Å². The second-order valence-electron chi connectivity index (χ2n) is 6.39. The van der Waals surface area contributed by atoms with Gasteiger partial charge in [-0.3, -0.25) is 4.79 Å². The lowest BCUT2D eigenvalue weighted by Gasteiger charge is -2.12. The molecule has 0 spiro atoms. The quantitative estimate of drug-likeness (QED) is 0.738. The van der Waals surface area contributed by atoms with E-state index in [0.29, 0.717) is 25.3 Å². The van der Waals surface area contributed by atoms with Gasteiger partial charge in [-0.2, -0.15) is 0 Å². The summed E-state index contributed by atoms with van der Waals surface area (Å²) in [6.07, 6.45) is 2.33. The number of benzene rings is 2. The van der Waals surface area contributed by atoms with Gasteiger partial charge in [0.05, 0.1) is 12.6 Å². The summed E-state index contributed by atoms with van der Waals surface area (Å²) < 4.78 is 16.8. The van der Waals surface area contributed by atoms with E-state index >= 15 is 0 Å². The average molecular weight is 355 g/mol. The molecule has 1 N–H and O–H groups in total. The Bertz CT molecular complexity index is 691. The van der Waals surface area contributed by atoms with E-state index in [2.05, 4.69) is 5.32 Å². The van der Waals surface area contributed by atoms with Crippen LogP contribution in [0.2, 0.25) is 0 Å². The lowest BCUT2D eigenvalue weighted by Crippen LogP contribution is -2.28. The van der Waals surface area contributed by atoms with E-state index in [1.165, 1.54) is 5.56 Å². The van der Waals surface area contributed by atoms with Gasteiger partial charge in [0.25, 0.3) is 5.91 Å². The fourth-order valence-corrected chi connectivity index (χ4v) is 2.74. The van der Waals surface area contributed by atoms with E-state index < -0.39 is 0 Å². The van der Waals surface area contributed by atoms with Crippen molar-refractivity contribution in [2.45, 2.75) is 25.9 Å². The lowest BCUT2D eigenvalue weighted by molar-refractivity contribution is 0.0679. The third-order valence-electron chi connectivity index (χ3n) is 4.25. The second kappa shape index (κ2) is 9.25. The smallest absolute Gasteiger partial charge is 0.251 e. The molecule has 5 nitrogen and oxygen atoms in total. The van der Waals surface area contributed by atoms with Crippen LogP contribution in [0, 0.1) is 6.92 Å².